The lowest BCUT2D eigenvalue weighted by atomic mass is 9.94. The highest BCUT2D eigenvalue weighted by Crippen LogP contribution is 2.44. The van der Waals surface area contributed by atoms with Crippen LogP contribution < -0.4 is 14.4 Å². The number of ether oxygens (including phenoxy) is 2. The summed E-state index contributed by atoms with van der Waals surface area (Å²) in [6.07, 6.45) is 0.809. The number of benzene rings is 3. The van der Waals surface area contributed by atoms with Crippen molar-refractivity contribution in [3.8, 4) is 17.2 Å². The Labute approximate surface area is 207 Å². The second kappa shape index (κ2) is 10.1. The molecule has 0 aromatic heterocycles. The summed E-state index contributed by atoms with van der Waals surface area (Å²) in [5.41, 5.74) is 1.05. The molecular formula is C27H24ClNO6. The van der Waals surface area contributed by atoms with Crippen LogP contribution in [0.15, 0.2) is 72.3 Å². The monoisotopic (exact) mass is 493 g/mol. The largest absolute Gasteiger partial charge is 0.507 e. The molecule has 0 spiro atoms. The maximum atomic E-state index is 13.3. The van der Waals surface area contributed by atoms with Crippen molar-refractivity contribution in [2.24, 2.45) is 0 Å². The van der Waals surface area contributed by atoms with Crippen molar-refractivity contribution in [3.05, 3.63) is 88.5 Å². The summed E-state index contributed by atoms with van der Waals surface area (Å²) in [6.45, 7) is 2.47. The average molecular weight is 494 g/mol. The van der Waals surface area contributed by atoms with Crippen LogP contribution in [0.3, 0.4) is 0 Å². The van der Waals surface area contributed by atoms with Gasteiger partial charge in [-0.25, -0.2) is 0 Å². The molecule has 1 aliphatic heterocycles. The quantitative estimate of drug-likeness (QED) is 0.257. The molecule has 7 nitrogen and oxygen atoms in total. The molecule has 1 atom stereocenters. The maximum absolute atomic E-state index is 13.3. The Balaban J connectivity index is 1.90. The fourth-order valence-corrected chi connectivity index (χ4v) is 4.13. The molecule has 0 aliphatic carbocycles. The van der Waals surface area contributed by atoms with Gasteiger partial charge in [0.25, 0.3) is 11.7 Å². The van der Waals surface area contributed by atoms with Crippen molar-refractivity contribution >= 4 is 34.7 Å². The van der Waals surface area contributed by atoms with Crippen molar-refractivity contribution in [1.29, 1.82) is 0 Å². The minimum Gasteiger partial charge on any atom is -0.507 e. The highest BCUT2D eigenvalue weighted by molar-refractivity contribution is 6.51. The molecule has 1 saturated heterocycles. The number of rotatable bonds is 7. The zero-order valence-corrected chi connectivity index (χ0v) is 20.0. The van der Waals surface area contributed by atoms with Gasteiger partial charge in [0.15, 0.2) is 11.5 Å². The first kappa shape index (κ1) is 24.2. The van der Waals surface area contributed by atoms with Crippen LogP contribution in [0.2, 0.25) is 5.02 Å². The fourth-order valence-electron chi connectivity index (χ4n) is 4.00. The van der Waals surface area contributed by atoms with Gasteiger partial charge in [-0.3, -0.25) is 14.5 Å². The molecule has 0 bridgehead atoms. The molecular weight excluding hydrogens is 470 g/mol. The molecule has 1 fully saturated rings. The van der Waals surface area contributed by atoms with E-state index in [1.807, 2.05) is 6.92 Å². The van der Waals surface area contributed by atoms with Crippen LogP contribution in [0, 0.1) is 0 Å². The normalized spacial score (nSPS) is 17.0. The SMILES string of the molecule is CCCOc1cccc(/C(O)=C2/C(=O)C(=O)N(c3ccc(Cl)cc3)C2c2ccc(OC)c(O)c2)c1. The number of aliphatic hydroxyl groups is 1. The highest BCUT2D eigenvalue weighted by Gasteiger charge is 2.47. The second-order valence-corrected chi connectivity index (χ2v) is 8.39. The Hall–Kier alpha value is -3.97. The van der Waals surface area contributed by atoms with Crippen molar-refractivity contribution < 1.29 is 29.3 Å². The third-order valence-electron chi connectivity index (χ3n) is 5.65. The summed E-state index contributed by atoms with van der Waals surface area (Å²) < 4.78 is 10.8. The van der Waals surface area contributed by atoms with Gasteiger partial charge in [-0.1, -0.05) is 36.7 Å². The summed E-state index contributed by atoms with van der Waals surface area (Å²) in [5, 5.41) is 22.2. The van der Waals surface area contributed by atoms with E-state index in [1.165, 1.54) is 24.1 Å². The zero-order valence-electron chi connectivity index (χ0n) is 19.2. The van der Waals surface area contributed by atoms with Crippen molar-refractivity contribution in [2.75, 3.05) is 18.6 Å². The molecule has 0 radical (unpaired) electrons. The third-order valence-corrected chi connectivity index (χ3v) is 5.90. The van der Waals surface area contributed by atoms with E-state index in [0.717, 1.165) is 6.42 Å². The first-order valence-electron chi connectivity index (χ1n) is 11.0. The average Bonchev–Trinajstić information content (AvgIpc) is 3.13. The Morgan fingerprint density at radius 1 is 1.06 bits per heavy atom. The molecule has 3 aromatic rings. The van der Waals surface area contributed by atoms with E-state index >= 15 is 0 Å². The van der Waals surface area contributed by atoms with Crippen LogP contribution in [-0.4, -0.2) is 35.6 Å². The third kappa shape index (κ3) is 4.68. The predicted octanol–water partition coefficient (Wildman–Crippen LogP) is 5.47. The molecule has 1 unspecified atom stereocenters. The van der Waals surface area contributed by atoms with Crippen molar-refractivity contribution in [2.45, 2.75) is 19.4 Å². The number of nitrogens with zero attached hydrogens (tertiary/aromatic N) is 1. The van der Waals surface area contributed by atoms with Crippen LogP contribution in [0.25, 0.3) is 5.76 Å². The molecule has 35 heavy (non-hydrogen) atoms. The van der Waals surface area contributed by atoms with E-state index < -0.39 is 17.7 Å². The number of Topliss-reactive ketones (excluding diaryl/α,β-unsaturated/α-hetero) is 1. The van der Waals surface area contributed by atoms with Gasteiger partial charge in [-0.2, -0.15) is 0 Å². The number of methoxy groups -OCH3 is 1. The Morgan fingerprint density at radius 2 is 1.80 bits per heavy atom. The van der Waals surface area contributed by atoms with E-state index in [9.17, 15) is 19.8 Å². The number of phenolic OH excluding ortho intramolecular Hbond substituents is 1. The van der Waals surface area contributed by atoms with Crippen LogP contribution in [0.1, 0.15) is 30.5 Å². The lowest BCUT2D eigenvalue weighted by molar-refractivity contribution is -0.132. The summed E-state index contributed by atoms with van der Waals surface area (Å²) in [6, 6.07) is 16.7. The number of carbonyl (C=O) groups excluding carboxylic acids is 2. The maximum Gasteiger partial charge on any atom is 0.300 e. The Kier molecular flexibility index (Phi) is 6.98. The number of aliphatic hydroxyl groups excluding tert-OH is 1. The number of phenols is 1. The standard InChI is InChI=1S/C27H24ClNO6/c1-3-13-35-20-6-4-5-17(14-20)25(31)23-24(16-7-12-22(34-2)21(30)15-16)29(27(33)26(23)32)19-10-8-18(28)9-11-19/h4-12,14-15,24,30-31H,3,13H2,1-2H3/b25-23-. The number of carbonyl (C=O) groups is 2. The van der Waals surface area contributed by atoms with Gasteiger partial charge in [-0.05, 0) is 60.5 Å². The number of halogens is 1. The van der Waals surface area contributed by atoms with E-state index in [0.29, 0.717) is 34.2 Å². The predicted molar refractivity (Wildman–Crippen MR) is 133 cm³/mol. The Bertz CT molecular complexity index is 1300. The van der Waals surface area contributed by atoms with Crippen LogP contribution in [0.5, 0.6) is 17.2 Å². The zero-order chi connectivity index (χ0) is 25.1. The lowest BCUT2D eigenvalue weighted by Crippen LogP contribution is -2.29. The number of hydrogen-bond donors (Lipinski definition) is 2. The Morgan fingerprint density at radius 3 is 2.46 bits per heavy atom. The van der Waals surface area contributed by atoms with E-state index in [1.54, 1.807) is 54.6 Å². The van der Waals surface area contributed by atoms with Crippen molar-refractivity contribution in [1.82, 2.24) is 0 Å². The minimum absolute atomic E-state index is 0.109. The minimum atomic E-state index is -1.01. The van der Waals surface area contributed by atoms with E-state index in [4.69, 9.17) is 21.1 Å². The van der Waals surface area contributed by atoms with Crippen LogP contribution in [-0.2, 0) is 9.59 Å². The fraction of sp³-hybridized carbons (Fsp3) is 0.185. The molecule has 180 valence electrons. The lowest BCUT2D eigenvalue weighted by Gasteiger charge is -2.26. The van der Waals surface area contributed by atoms with Gasteiger partial charge >= 0.3 is 0 Å². The highest BCUT2D eigenvalue weighted by atomic mass is 35.5. The topological polar surface area (TPSA) is 96.3 Å². The van der Waals surface area contributed by atoms with Gasteiger partial charge in [0.1, 0.15) is 11.5 Å². The van der Waals surface area contributed by atoms with E-state index in [2.05, 4.69) is 0 Å². The summed E-state index contributed by atoms with van der Waals surface area (Å²) >= 11 is 6.02. The molecule has 1 aliphatic rings. The van der Waals surface area contributed by atoms with Crippen LogP contribution >= 0.6 is 11.6 Å². The van der Waals surface area contributed by atoms with Gasteiger partial charge in [-0.15, -0.1) is 0 Å². The molecule has 0 saturated carbocycles. The first-order chi connectivity index (χ1) is 16.8. The van der Waals surface area contributed by atoms with Gasteiger partial charge in [0, 0.05) is 16.3 Å². The number of amides is 1. The van der Waals surface area contributed by atoms with Gasteiger partial charge in [0.2, 0.25) is 0 Å². The smallest absolute Gasteiger partial charge is 0.300 e. The number of ketones is 1. The summed E-state index contributed by atoms with van der Waals surface area (Å²) in [7, 11) is 1.42. The van der Waals surface area contributed by atoms with Crippen LogP contribution in [0.4, 0.5) is 5.69 Å². The molecule has 1 amide bonds. The second-order valence-electron chi connectivity index (χ2n) is 7.95. The van der Waals surface area contributed by atoms with Gasteiger partial charge in [0.05, 0.1) is 25.3 Å². The number of aromatic hydroxyl groups is 1. The number of anilines is 1. The van der Waals surface area contributed by atoms with Gasteiger partial charge < -0.3 is 19.7 Å². The summed E-state index contributed by atoms with van der Waals surface area (Å²) in [4.78, 5) is 27.8. The molecule has 8 heteroatoms. The molecule has 4 rings (SSSR count). The molecule has 1 heterocycles. The summed E-state index contributed by atoms with van der Waals surface area (Å²) in [5.74, 6) is -1.41. The molecule has 3 aromatic carbocycles. The van der Waals surface area contributed by atoms with Crippen molar-refractivity contribution in [3.63, 3.8) is 0 Å². The van der Waals surface area contributed by atoms with E-state index in [-0.39, 0.29) is 22.8 Å². The molecule has 2 N–H and O–H groups in total. The number of hydrogen-bond acceptors (Lipinski definition) is 6. The first-order valence-corrected chi connectivity index (χ1v) is 11.4.